The number of nitrogens with two attached hydrogens (primary N) is 1. The van der Waals surface area contributed by atoms with Gasteiger partial charge >= 0.3 is 6.09 Å². The van der Waals surface area contributed by atoms with Crippen molar-refractivity contribution in [2.45, 2.75) is 84.4 Å². The lowest BCUT2D eigenvalue weighted by molar-refractivity contribution is 0.0428. The zero-order valence-electron chi connectivity index (χ0n) is 30.9. The minimum atomic E-state index is -0.515. The highest BCUT2D eigenvalue weighted by molar-refractivity contribution is 14.1. The normalized spacial score (nSPS) is 20.4. The van der Waals surface area contributed by atoms with Gasteiger partial charge in [-0.2, -0.15) is 0 Å². The second kappa shape index (κ2) is 17.9. The van der Waals surface area contributed by atoms with Crippen molar-refractivity contribution in [3.63, 3.8) is 0 Å². The summed E-state index contributed by atoms with van der Waals surface area (Å²) in [6, 6.07) is 17.2. The Balaban J connectivity index is 0.000000201. The molecule has 2 aromatic carbocycles. The van der Waals surface area contributed by atoms with Crippen LogP contribution in [-0.2, 0) is 17.6 Å². The molecule has 2 aromatic heterocycles. The number of nitrogens with one attached hydrogen (secondary N) is 1. The summed E-state index contributed by atoms with van der Waals surface area (Å²) in [5, 5.41) is 3.20. The maximum absolute atomic E-state index is 12.6. The summed E-state index contributed by atoms with van der Waals surface area (Å²) in [6.07, 6.45) is 13.1. The summed E-state index contributed by atoms with van der Waals surface area (Å²) in [7, 11) is 0. The van der Waals surface area contributed by atoms with Crippen LogP contribution in [0.5, 0.6) is 0 Å². The van der Waals surface area contributed by atoms with E-state index in [2.05, 4.69) is 132 Å². The number of hydrogen-bond acceptors (Lipinski definition) is 9. The van der Waals surface area contributed by atoms with Gasteiger partial charge < -0.3 is 25.6 Å². The van der Waals surface area contributed by atoms with Gasteiger partial charge in [-0.25, -0.2) is 24.7 Å². The number of benzene rings is 2. The number of rotatable bonds is 3. The maximum Gasteiger partial charge on any atom is 0.408 e. The second-order valence-corrected chi connectivity index (χ2v) is 17.0. The van der Waals surface area contributed by atoms with Crippen LogP contribution in [0.15, 0.2) is 82.5 Å². The van der Waals surface area contributed by atoms with E-state index in [1.807, 2.05) is 44.2 Å². The van der Waals surface area contributed by atoms with Crippen LogP contribution < -0.4 is 20.9 Å². The molecule has 3 N–H and O–H groups in total. The number of carbonyl (C=O) groups is 1. The van der Waals surface area contributed by atoms with Crippen molar-refractivity contribution >= 4 is 72.2 Å². The predicted molar refractivity (Wildman–Crippen MR) is 233 cm³/mol. The molecule has 0 radical (unpaired) electrons. The van der Waals surface area contributed by atoms with E-state index in [4.69, 9.17) is 10.5 Å². The standard InChI is InChI=1S/C22H27BrN4O2.C17H19BrN4.CH3I.CH4/c1-21(2,3)29-20(28)26-19-16-7-5-4-6-15(16)12-22(19)8-10-27(11-9-22)18-14-24-17(23)13-25-18;18-14-10-21-15(11-20-14)22-7-5-17(6-8-22)9-12-3-1-2-4-13(12)16(17)19;1-2;/h4-7,13-14,19H,8-12H2,1-3H3,(H,26,28);1-4,10-11,16H,5-9,19H2;1H3;1H4/t19-;16-;;/m11../s1. The number of alkyl halides is 1. The van der Waals surface area contributed by atoms with E-state index in [1.54, 1.807) is 12.4 Å². The minimum Gasteiger partial charge on any atom is -0.444 e. The maximum atomic E-state index is 12.6. The molecule has 10 nitrogen and oxygen atoms in total. The highest BCUT2D eigenvalue weighted by Crippen LogP contribution is 2.53. The molecule has 290 valence electrons. The fourth-order valence-corrected chi connectivity index (χ4v) is 8.92. The van der Waals surface area contributed by atoms with Crippen molar-refractivity contribution in [2.75, 3.05) is 40.9 Å². The third-order valence-electron chi connectivity index (χ3n) is 11.2. The van der Waals surface area contributed by atoms with E-state index in [0.29, 0.717) is 0 Å². The Morgan fingerprint density at radius 1 is 0.759 bits per heavy atom. The number of alkyl carbamates (subject to hydrolysis) is 1. The average Bonchev–Trinajstić information content (AvgIpc) is 3.60. The largest absolute Gasteiger partial charge is 0.444 e. The molecule has 0 saturated carbocycles. The summed E-state index contributed by atoms with van der Waals surface area (Å²) in [5.74, 6) is 1.86. The fraction of sp³-hybridized carbons (Fsp3) is 0.488. The number of nitrogens with zero attached hydrogens (tertiary/aromatic N) is 6. The Kier molecular flexibility index (Phi) is 14.0. The van der Waals surface area contributed by atoms with Crippen LogP contribution in [-0.4, -0.2) is 62.7 Å². The molecule has 2 atom stereocenters. The van der Waals surface area contributed by atoms with Crippen LogP contribution in [0.1, 0.15) is 88.2 Å². The summed E-state index contributed by atoms with van der Waals surface area (Å²) >= 11 is 8.83. The van der Waals surface area contributed by atoms with Gasteiger partial charge in [-0.15, -0.1) is 0 Å². The van der Waals surface area contributed by atoms with Gasteiger partial charge in [0.25, 0.3) is 0 Å². The van der Waals surface area contributed by atoms with Gasteiger partial charge in [0.15, 0.2) is 0 Å². The Bertz CT molecular complexity index is 1840. The first-order chi connectivity index (χ1) is 25.4. The van der Waals surface area contributed by atoms with Crippen molar-refractivity contribution in [2.24, 2.45) is 16.6 Å². The number of ether oxygens (including phenoxy) is 1. The molecule has 2 spiro atoms. The zero-order valence-corrected chi connectivity index (χ0v) is 36.2. The first-order valence-electron chi connectivity index (χ1n) is 18.2. The van der Waals surface area contributed by atoms with Gasteiger partial charge in [0.1, 0.15) is 26.4 Å². The molecule has 0 bridgehead atoms. The van der Waals surface area contributed by atoms with Crippen LogP contribution in [0, 0.1) is 10.8 Å². The Labute approximate surface area is 351 Å². The number of halogens is 3. The molecular weight excluding hydrogens is 923 g/mol. The van der Waals surface area contributed by atoms with Gasteiger partial charge in [0, 0.05) is 37.6 Å². The number of anilines is 2. The van der Waals surface area contributed by atoms with E-state index in [1.165, 1.54) is 22.3 Å². The predicted octanol–water partition coefficient (Wildman–Crippen LogP) is 9.42. The van der Waals surface area contributed by atoms with Gasteiger partial charge in [0.2, 0.25) is 0 Å². The molecule has 0 unspecified atom stereocenters. The Hall–Kier alpha value is -2.88. The van der Waals surface area contributed by atoms with Crippen LogP contribution in [0.2, 0.25) is 0 Å². The smallest absolute Gasteiger partial charge is 0.408 e. The first-order valence-corrected chi connectivity index (χ1v) is 21.9. The number of amides is 1. The third kappa shape index (κ3) is 9.38. The number of fused-ring (bicyclic) bond motifs is 2. The SMILES string of the molecule is C.CC(C)(C)OC(=O)N[C@@H]1c2ccccc2CC12CCN(c1cnc(Br)cn1)CC2.CI.N[C@@H]1c2ccccc2CC12CCN(c1cnc(Br)cn1)CC2. The lowest BCUT2D eigenvalue weighted by Crippen LogP contribution is -2.47. The highest BCUT2D eigenvalue weighted by Gasteiger charge is 2.49. The van der Waals surface area contributed by atoms with Gasteiger partial charge in [-0.3, -0.25) is 0 Å². The summed E-state index contributed by atoms with van der Waals surface area (Å²) in [6.45, 7) is 9.44. The Morgan fingerprint density at radius 2 is 1.20 bits per heavy atom. The third-order valence-corrected chi connectivity index (χ3v) is 12.0. The number of carbonyl (C=O) groups excluding carboxylic acids is 1. The topological polar surface area (TPSA) is 122 Å². The minimum absolute atomic E-state index is 0. The summed E-state index contributed by atoms with van der Waals surface area (Å²) < 4.78 is 7.08. The lowest BCUT2D eigenvalue weighted by atomic mass is 9.72. The van der Waals surface area contributed by atoms with Crippen LogP contribution in [0.4, 0.5) is 16.4 Å². The molecule has 2 aliphatic heterocycles. The summed E-state index contributed by atoms with van der Waals surface area (Å²) in [5.41, 5.74) is 11.6. The zero-order chi connectivity index (χ0) is 37.8. The van der Waals surface area contributed by atoms with E-state index >= 15 is 0 Å². The van der Waals surface area contributed by atoms with Gasteiger partial charge in [0.05, 0.1) is 30.8 Å². The van der Waals surface area contributed by atoms with Crippen LogP contribution in [0.3, 0.4) is 0 Å². The molecule has 2 aliphatic carbocycles. The van der Waals surface area contributed by atoms with E-state index in [9.17, 15) is 4.79 Å². The van der Waals surface area contributed by atoms with Crippen LogP contribution >= 0.6 is 54.5 Å². The molecule has 13 heteroatoms. The fourth-order valence-electron chi connectivity index (χ4n) is 8.52. The van der Waals surface area contributed by atoms with E-state index < -0.39 is 5.60 Å². The second-order valence-electron chi connectivity index (χ2n) is 15.4. The van der Waals surface area contributed by atoms with Crippen molar-refractivity contribution in [1.29, 1.82) is 0 Å². The highest BCUT2D eigenvalue weighted by atomic mass is 127. The molecular formula is C41H53Br2IN8O2. The lowest BCUT2D eigenvalue weighted by Gasteiger charge is -2.43. The first kappa shape index (κ1) is 42.3. The van der Waals surface area contributed by atoms with Crippen molar-refractivity contribution < 1.29 is 9.53 Å². The van der Waals surface area contributed by atoms with E-state index in [0.717, 1.165) is 85.5 Å². The molecule has 2 saturated heterocycles. The number of piperidine rings is 2. The van der Waals surface area contributed by atoms with E-state index in [-0.39, 0.29) is 36.4 Å². The van der Waals surface area contributed by atoms with Gasteiger partial charge in [-0.1, -0.05) is 78.5 Å². The molecule has 4 aliphatic rings. The van der Waals surface area contributed by atoms with Crippen LogP contribution in [0.25, 0.3) is 0 Å². The molecule has 4 aromatic rings. The summed E-state index contributed by atoms with van der Waals surface area (Å²) in [4.78, 5) is 36.7. The van der Waals surface area contributed by atoms with Gasteiger partial charge in [-0.05, 0) is 124 Å². The molecule has 1 amide bonds. The molecule has 4 heterocycles. The number of hydrogen-bond donors (Lipinski definition) is 2. The van der Waals surface area contributed by atoms with Crippen molar-refractivity contribution in [3.8, 4) is 0 Å². The molecule has 8 rings (SSSR count). The monoisotopic (exact) mass is 974 g/mol. The quantitative estimate of drug-likeness (QED) is 0.153. The average molecular weight is 977 g/mol. The number of aromatic nitrogens is 4. The van der Waals surface area contributed by atoms with Crippen molar-refractivity contribution in [3.05, 3.63) is 105 Å². The molecule has 2 fully saturated rings. The molecule has 54 heavy (non-hydrogen) atoms. The van der Waals surface area contributed by atoms with Crippen molar-refractivity contribution in [1.82, 2.24) is 25.3 Å². The Morgan fingerprint density at radius 3 is 1.67 bits per heavy atom.